The zero-order chi connectivity index (χ0) is 14.1. The molecule has 6 heteroatoms. The van der Waals surface area contributed by atoms with Gasteiger partial charge in [0.15, 0.2) is 6.61 Å². The van der Waals surface area contributed by atoms with Crippen molar-refractivity contribution in [1.82, 2.24) is 5.32 Å². The van der Waals surface area contributed by atoms with Crippen molar-refractivity contribution in [1.29, 1.82) is 5.26 Å². The number of nitrogens with one attached hydrogen (secondary N) is 1. The summed E-state index contributed by atoms with van der Waals surface area (Å²) in [5.41, 5.74) is -0.0589. The Bertz CT molecular complexity index is 471. The minimum absolute atomic E-state index is 0.0589. The van der Waals surface area contributed by atoms with E-state index in [0.29, 0.717) is 19.6 Å². The zero-order valence-corrected chi connectivity index (χ0v) is 10.6. The standard InChI is InChI=1S/C13H15FN2O3/c1-18-6-2-5-16-13(17)9-19-11-4-3-10(8-15)12(14)7-11/h3-4,7H,2,5-6,9H2,1H3,(H,16,17). The van der Waals surface area contributed by atoms with E-state index in [-0.39, 0.29) is 23.8 Å². The summed E-state index contributed by atoms with van der Waals surface area (Å²) in [4.78, 5) is 11.4. The van der Waals surface area contributed by atoms with Crippen LogP contribution in [0, 0.1) is 17.1 Å². The van der Waals surface area contributed by atoms with Crippen LogP contribution in [0.4, 0.5) is 4.39 Å². The van der Waals surface area contributed by atoms with E-state index in [4.69, 9.17) is 14.7 Å². The van der Waals surface area contributed by atoms with Crippen molar-refractivity contribution in [3.8, 4) is 11.8 Å². The van der Waals surface area contributed by atoms with Crippen LogP contribution in [-0.2, 0) is 9.53 Å². The number of amides is 1. The molecule has 102 valence electrons. The number of carbonyl (C=O) groups excluding carboxylic acids is 1. The van der Waals surface area contributed by atoms with Gasteiger partial charge in [0.05, 0.1) is 5.56 Å². The molecule has 19 heavy (non-hydrogen) atoms. The molecule has 0 bridgehead atoms. The van der Waals surface area contributed by atoms with Crippen molar-refractivity contribution in [2.75, 3.05) is 26.9 Å². The van der Waals surface area contributed by atoms with Crippen molar-refractivity contribution in [2.24, 2.45) is 0 Å². The molecule has 0 fully saturated rings. The third-order valence-corrected chi connectivity index (χ3v) is 2.28. The lowest BCUT2D eigenvalue weighted by Crippen LogP contribution is -2.30. The lowest BCUT2D eigenvalue weighted by Gasteiger charge is -2.07. The number of ether oxygens (including phenoxy) is 2. The first-order valence-electron chi connectivity index (χ1n) is 5.75. The molecule has 1 aromatic carbocycles. The molecule has 1 rings (SSSR count). The van der Waals surface area contributed by atoms with Gasteiger partial charge in [0.25, 0.3) is 5.91 Å². The fourth-order valence-electron chi connectivity index (χ4n) is 1.32. The number of nitrogens with zero attached hydrogens (tertiary/aromatic N) is 1. The van der Waals surface area contributed by atoms with E-state index in [1.807, 2.05) is 0 Å². The number of halogens is 1. The van der Waals surface area contributed by atoms with Gasteiger partial charge in [-0.05, 0) is 18.6 Å². The van der Waals surface area contributed by atoms with E-state index in [1.54, 1.807) is 13.2 Å². The Morgan fingerprint density at radius 1 is 1.53 bits per heavy atom. The lowest BCUT2D eigenvalue weighted by molar-refractivity contribution is -0.123. The van der Waals surface area contributed by atoms with Gasteiger partial charge in [-0.25, -0.2) is 4.39 Å². The molecule has 0 atom stereocenters. The van der Waals surface area contributed by atoms with Gasteiger partial charge in [-0.3, -0.25) is 4.79 Å². The van der Waals surface area contributed by atoms with Gasteiger partial charge in [0.2, 0.25) is 0 Å². The Morgan fingerprint density at radius 3 is 2.95 bits per heavy atom. The molecule has 0 aliphatic heterocycles. The fourth-order valence-corrected chi connectivity index (χ4v) is 1.32. The van der Waals surface area contributed by atoms with Crippen LogP contribution in [0.3, 0.4) is 0 Å². The first-order chi connectivity index (χ1) is 9.17. The minimum Gasteiger partial charge on any atom is -0.484 e. The number of rotatable bonds is 7. The van der Waals surface area contributed by atoms with Crippen LogP contribution >= 0.6 is 0 Å². The first-order valence-corrected chi connectivity index (χ1v) is 5.75. The van der Waals surface area contributed by atoms with Crippen molar-refractivity contribution in [2.45, 2.75) is 6.42 Å². The maximum atomic E-state index is 13.2. The van der Waals surface area contributed by atoms with E-state index in [1.165, 1.54) is 12.1 Å². The highest BCUT2D eigenvalue weighted by atomic mass is 19.1. The quantitative estimate of drug-likeness (QED) is 0.753. The van der Waals surface area contributed by atoms with E-state index in [9.17, 15) is 9.18 Å². The summed E-state index contributed by atoms with van der Waals surface area (Å²) < 4.78 is 23.2. The molecule has 0 saturated carbocycles. The highest BCUT2D eigenvalue weighted by Gasteiger charge is 2.05. The third kappa shape index (κ3) is 5.36. The summed E-state index contributed by atoms with van der Waals surface area (Å²) in [6.07, 6.45) is 0.716. The molecule has 0 aliphatic rings. The Balaban J connectivity index is 2.34. The van der Waals surface area contributed by atoms with Gasteiger partial charge in [-0.15, -0.1) is 0 Å². The maximum Gasteiger partial charge on any atom is 0.257 e. The van der Waals surface area contributed by atoms with Crippen LogP contribution in [0.1, 0.15) is 12.0 Å². The van der Waals surface area contributed by atoms with Crippen molar-refractivity contribution >= 4 is 5.91 Å². The van der Waals surface area contributed by atoms with Crippen molar-refractivity contribution in [3.63, 3.8) is 0 Å². The number of methoxy groups -OCH3 is 1. The Hall–Kier alpha value is -2.13. The number of hydrogen-bond donors (Lipinski definition) is 1. The van der Waals surface area contributed by atoms with E-state index >= 15 is 0 Å². The fraction of sp³-hybridized carbons (Fsp3) is 0.385. The van der Waals surface area contributed by atoms with Gasteiger partial charge >= 0.3 is 0 Å². The number of hydrogen-bond acceptors (Lipinski definition) is 4. The van der Waals surface area contributed by atoms with Gasteiger partial charge in [-0.2, -0.15) is 5.26 Å². The zero-order valence-electron chi connectivity index (χ0n) is 10.6. The molecule has 0 saturated heterocycles. The van der Waals surface area contributed by atoms with Gasteiger partial charge in [0, 0.05) is 26.3 Å². The maximum absolute atomic E-state index is 13.2. The van der Waals surface area contributed by atoms with Crippen LogP contribution in [0.25, 0.3) is 0 Å². The number of benzene rings is 1. The predicted molar refractivity (Wildman–Crippen MR) is 66.1 cm³/mol. The Kier molecular flexibility index (Phi) is 6.33. The summed E-state index contributed by atoms with van der Waals surface area (Å²) in [5, 5.41) is 11.2. The number of nitriles is 1. The van der Waals surface area contributed by atoms with Crippen molar-refractivity contribution < 1.29 is 18.7 Å². The Morgan fingerprint density at radius 2 is 2.32 bits per heavy atom. The molecule has 1 amide bonds. The van der Waals surface area contributed by atoms with Gasteiger partial charge in [-0.1, -0.05) is 0 Å². The van der Waals surface area contributed by atoms with E-state index in [2.05, 4.69) is 5.32 Å². The summed E-state index contributed by atoms with van der Waals surface area (Å²) in [6, 6.07) is 5.54. The van der Waals surface area contributed by atoms with Crippen LogP contribution in [0.5, 0.6) is 5.75 Å². The summed E-state index contributed by atoms with van der Waals surface area (Å²) in [7, 11) is 1.59. The SMILES string of the molecule is COCCCNC(=O)COc1ccc(C#N)c(F)c1. The average Bonchev–Trinajstić information content (AvgIpc) is 2.41. The second-order valence-electron chi connectivity index (χ2n) is 3.74. The second kappa shape index (κ2) is 8.06. The summed E-state index contributed by atoms with van der Waals surface area (Å²) in [5.74, 6) is -0.745. The molecule has 1 N–H and O–H groups in total. The topological polar surface area (TPSA) is 71.3 Å². The monoisotopic (exact) mass is 266 g/mol. The molecule has 0 radical (unpaired) electrons. The van der Waals surface area contributed by atoms with E-state index < -0.39 is 5.82 Å². The summed E-state index contributed by atoms with van der Waals surface area (Å²) >= 11 is 0. The van der Waals surface area contributed by atoms with E-state index in [0.717, 1.165) is 6.07 Å². The molecule has 0 spiro atoms. The first kappa shape index (κ1) is 14.9. The summed E-state index contributed by atoms with van der Waals surface area (Å²) in [6.45, 7) is 0.873. The largest absolute Gasteiger partial charge is 0.484 e. The molecule has 1 aromatic rings. The smallest absolute Gasteiger partial charge is 0.257 e. The molecule has 0 unspecified atom stereocenters. The Labute approximate surface area is 110 Å². The van der Waals surface area contributed by atoms with Crippen molar-refractivity contribution in [3.05, 3.63) is 29.6 Å². The second-order valence-corrected chi connectivity index (χ2v) is 3.74. The molecule has 0 aliphatic carbocycles. The van der Waals surface area contributed by atoms with Crippen LogP contribution in [0.2, 0.25) is 0 Å². The highest BCUT2D eigenvalue weighted by molar-refractivity contribution is 5.77. The van der Waals surface area contributed by atoms with Crippen LogP contribution in [0.15, 0.2) is 18.2 Å². The molecular weight excluding hydrogens is 251 g/mol. The lowest BCUT2D eigenvalue weighted by atomic mass is 10.2. The normalized spacial score (nSPS) is 9.74. The predicted octanol–water partition coefficient (Wildman–Crippen LogP) is 1.23. The minimum atomic E-state index is -0.666. The molecule has 0 aromatic heterocycles. The number of carbonyl (C=O) groups is 1. The van der Waals surface area contributed by atoms with Crippen LogP contribution < -0.4 is 10.1 Å². The highest BCUT2D eigenvalue weighted by Crippen LogP contribution is 2.15. The van der Waals surface area contributed by atoms with Gasteiger partial charge < -0.3 is 14.8 Å². The third-order valence-electron chi connectivity index (χ3n) is 2.28. The molecule has 0 heterocycles. The van der Waals surface area contributed by atoms with Crippen LogP contribution in [-0.4, -0.2) is 32.8 Å². The van der Waals surface area contributed by atoms with Gasteiger partial charge in [0.1, 0.15) is 17.6 Å². The average molecular weight is 266 g/mol. The molecule has 5 nitrogen and oxygen atoms in total. The molecular formula is C13H15FN2O3.